The average Bonchev–Trinajstić information content (AvgIpc) is 2.17. The molecule has 0 heterocycles. The third kappa shape index (κ3) is 6.86. The fraction of sp³-hybridized carbons (Fsp3) is 0.900. The van der Waals surface area contributed by atoms with Gasteiger partial charge in [0.1, 0.15) is 0 Å². The van der Waals surface area contributed by atoms with Crippen LogP contribution in [0.25, 0.3) is 0 Å². The highest BCUT2D eigenvalue weighted by Crippen LogP contribution is 2.09. The first-order valence-corrected chi connectivity index (χ1v) is 5.15. The van der Waals surface area contributed by atoms with Gasteiger partial charge in [-0.3, -0.25) is 4.79 Å². The number of hydrogen-bond donors (Lipinski definition) is 3. The Hall–Kier alpha value is -0.610. The molecule has 0 saturated heterocycles. The predicted octanol–water partition coefficient (Wildman–Crippen LogP) is 0.282. The summed E-state index contributed by atoms with van der Waals surface area (Å²) < 4.78 is 0. The molecule has 0 rings (SSSR count). The first-order valence-electron chi connectivity index (χ1n) is 5.15. The summed E-state index contributed by atoms with van der Waals surface area (Å²) in [5.41, 5.74) is 0. The first kappa shape index (κ1) is 13.4. The van der Waals surface area contributed by atoms with Crippen molar-refractivity contribution < 1.29 is 15.0 Å². The maximum atomic E-state index is 10.9. The van der Waals surface area contributed by atoms with Gasteiger partial charge >= 0.3 is 0 Å². The van der Waals surface area contributed by atoms with E-state index in [-0.39, 0.29) is 12.5 Å². The van der Waals surface area contributed by atoms with Crippen molar-refractivity contribution in [1.29, 1.82) is 0 Å². The van der Waals surface area contributed by atoms with Crippen LogP contribution in [0.4, 0.5) is 0 Å². The highest BCUT2D eigenvalue weighted by Gasteiger charge is 2.09. The third-order valence-corrected chi connectivity index (χ3v) is 2.17. The number of aliphatic hydroxyl groups excluding tert-OH is 2. The minimum absolute atomic E-state index is 0.0555. The van der Waals surface area contributed by atoms with Crippen LogP contribution in [0.15, 0.2) is 0 Å². The van der Waals surface area contributed by atoms with Crippen LogP contribution in [0.1, 0.15) is 33.1 Å². The van der Waals surface area contributed by atoms with Crippen LogP contribution in [-0.4, -0.2) is 35.4 Å². The molecule has 0 spiro atoms. The molecule has 0 aliphatic heterocycles. The second-order valence-electron chi connectivity index (χ2n) is 3.67. The van der Waals surface area contributed by atoms with Crippen molar-refractivity contribution in [3.8, 4) is 0 Å². The Morgan fingerprint density at radius 1 is 1.50 bits per heavy atom. The summed E-state index contributed by atoms with van der Waals surface area (Å²) in [7, 11) is 0. The molecule has 0 fully saturated rings. The summed E-state index contributed by atoms with van der Waals surface area (Å²) in [5, 5.41) is 20.5. The second-order valence-corrected chi connectivity index (χ2v) is 3.67. The van der Waals surface area contributed by atoms with Crippen LogP contribution in [0.2, 0.25) is 0 Å². The molecule has 0 bridgehead atoms. The van der Waals surface area contributed by atoms with Crippen LogP contribution < -0.4 is 5.32 Å². The SMILES string of the molecule is CCC(=O)NCCC(C)CC(O)CO. The number of aliphatic hydroxyl groups is 2. The fourth-order valence-electron chi connectivity index (χ4n) is 1.24. The number of carbonyl (C=O) groups is 1. The van der Waals surface area contributed by atoms with Crippen LogP contribution in [0.3, 0.4) is 0 Å². The average molecular weight is 203 g/mol. The van der Waals surface area contributed by atoms with E-state index in [4.69, 9.17) is 10.2 Å². The Bertz CT molecular complexity index is 161. The van der Waals surface area contributed by atoms with Gasteiger partial charge in [-0.05, 0) is 18.8 Å². The van der Waals surface area contributed by atoms with Crippen LogP contribution in [0.5, 0.6) is 0 Å². The molecule has 4 heteroatoms. The Labute approximate surface area is 85.3 Å². The van der Waals surface area contributed by atoms with Gasteiger partial charge < -0.3 is 15.5 Å². The van der Waals surface area contributed by atoms with Gasteiger partial charge in [0.2, 0.25) is 5.91 Å². The van der Waals surface area contributed by atoms with E-state index < -0.39 is 6.10 Å². The number of carbonyl (C=O) groups excluding carboxylic acids is 1. The van der Waals surface area contributed by atoms with Gasteiger partial charge in [0.05, 0.1) is 12.7 Å². The third-order valence-electron chi connectivity index (χ3n) is 2.17. The van der Waals surface area contributed by atoms with E-state index in [0.717, 1.165) is 6.42 Å². The molecule has 3 N–H and O–H groups in total. The van der Waals surface area contributed by atoms with Crippen LogP contribution in [0, 0.1) is 5.92 Å². The van der Waals surface area contributed by atoms with Crippen molar-refractivity contribution in [1.82, 2.24) is 5.32 Å². The highest BCUT2D eigenvalue weighted by atomic mass is 16.3. The van der Waals surface area contributed by atoms with Crippen molar-refractivity contribution in [2.45, 2.75) is 39.2 Å². The first-order chi connectivity index (χ1) is 6.60. The van der Waals surface area contributed by atoms with Gasteiger partial charge in [0, 0.05) is 13.0 Å². The van der Waals surface area contributed by atoms with E-state index in [9.17, 15) is 4.79 Å². The second kappa shape index (κ2) is 7.76. The molecule has 0 aromatic rings. The predicted molar refractivity (Wildman–Crippen MR) is 54.8 cm³/mol. The number of nitrogens with one attached hydrogen (secondary N) is 1. The lowest BCUT2D eigenvalue weighted by Gasteiger charge is -2.14. The van der Waals surface area contributed by atoms with Gasteiger partial charge in [-0.1, -0.05) is 13.8 Å². The quantitative estimate of drug-likeness (QED) is 0.556. The Balaban J connectivity index is 3.44. The number of hydrogen-bond acceptors (Lipinski definition) is 3. The maximum absolute atomic E-state index is 10.9. The topological polar surface area (TPSA) is 69.6 Å². The largest absolute Gasteiger partial charge is 0.394 e. The molecular weight excluding hydrogens is 182 g/mol. The normalized spacial score (nSPS) is 14.9. The van der Waals surface area contributed by atoms with E-state index in [1.54, 1.807) is 0 Å². The molecule has 0 saturated carbocycles. The molecule has 4 nitrogen and oxygen atoms in total. The lowest BCUT2D eigenvalue weighted by Crippen LogP contribution is -2.25. The van der Waals surface area contributed by atoms with E-state index >= 15 is 0 Å². The summed E-state index contributed by atoms with van der Waals surface area (Å²) in [4.78, 5) is 10.9. The molecule has 2 atom stereocenters. The molecule has 0 aromatic heterocycles. The van der Waals surface area contributed by atoms with E-state index in [1.807, 2.05) is 13.8 Å². The van der Waals surface area contributed by atoms with E-state index in [2.05, 4.69) is 5.32 Å². The van der Waals surface area contributed by atoms with Gasteiger partial charge in [-0.15, -0.1) is 0 Å². The molecule has 0 radical (unpaired) electrons. The molecule has 0 aliphatic rings. The fourth-order valence-corrected chi connectivity index (χ4v) is 1.24. The molecular formula is C10H21NO3. The molecule has 14 heavy (non-hydrogen) atoms. The zero-order chi connectivity index (χ0) is 11.0. The Morgan fingerprint density at radius 2 is 2.14 bits per heavy atom. The van der Waals surface area contributed by atoms with Crippen molar-refractivity contribution in [3.05, 3.63) is 0 Å². The zero-order valence-electron chi connectivity index (χ0n) is 8.99. The Morgan fingerprint density at radius 3 is 2.64 bits per heavy atom. The standard InChI is InChI=1S/C10H21NO3/c1-3-10(14)11-5-4-8(2)6-9(13)7-12/h8-9,12-13H,3-7H2,1-2H3,(H,11,14). The summed E-state index contributed by atoms with van der Waals surface area (Å²) in [6.45, 7) is 4.27. The molecule has 2 unspecified atom stereocenters. The van der Waals surface area contributed by atoms with Crippen LogP contribution >= 0.6 is 0 Å². The lowest BCUT2D eigenvalue weighted by atomic mass is 10.0. The van der Waals surface area contributed by atoms with Crippen molar-refractivity contribution >= 4 is 5.91 Å². The molecule has 0 aliphatic carbocycles. The molecule has 84 valence electrons. The molecule has 1 amide bonds. The van der Waals surface area contributed by atoms with Crippen LogP contribution in [-0.2, 0) is 4.79 Å². The zero-order valence-corrected chi connectivity index (χ0v) is 8.99. The van der Waals surface area contributed by atoms with E-state index in [1.165, 1.54) is 0 Å². The summed E-state index contributed by atoms with van der Waals surface area (Å²) in [6.07, 6.45) is 1.29. The van der Waals surface area contributed by atoms with Gasteiger partial charge in [0.15, 0.2) is 0 Å². The van der Waals surface area contributed by atoms with Crippen molar-refractivity contribution in [2.24, 2.45) is 5.92 Å². The lowest BCUT2D eigenvalue weighted by molar-refractivity contribution is -0.120. The van der Waals surface area contributed by atoms with E-state index in [0.29, 0.717) is 25.3 Å². The maximum Gasteiger partial charge on any atom is 0.219 e. The Kier molecular flexibility index (Phi) is 7.42. The highest BCUT2D eigenvalue weighted by molar-refractivity contribution is 5.75. The summed E-state index contributed by atoms with van der Waals surface area (Å²) in [5.74, 6) is 0.370. The number of rotatable bonds is 7. The van der Waals surface area contributed by atoms with Gasteiger partial charge in [0.25, 0.3) is 0 Å². The molecule has 0 aromatic carbocycles. The van der Waals surface area contributed by atoms with Crippen molar-refractivity contribution in [3.63, 3.8) is 0 Å². The van der Waals surface area contributed by atoms with Gasteiger partial charge in [-0.2, -0.15) is 0 Å². The minimum Gasteiger partial charge on any atom is -0.394 e. The number of amides is 1. The minimum atomic E-state index is -0.633. The summed E-state index contributed by atoms with van der Waals surface area (Å²) >= 11 is 0. The smallest absolute Gasteiger partial charge is 0.219 e. The monoisotopic (exact) mass is 203 g/mol. The summed E-state index contributed by atoms with van der Waals surface area (Å²) in [6, 6.07) is 0. The van der Waals surface area contributed by atoms with Gasteiger partial charge in [-0.25, -0.2) is 0 Å². The van der Waals surface area contributed by atoms with Crippen molar-refractivity contribution in [2.75, 3.05) is 13.2 Å².